The van der Waals surface area contributed by atoms with Crippen LogP contribution in [0.1, 0.15) is 76.2 Å². The second kappa shape index (κ2) is 10.8. The van der Waals surface area contributed by atoms with E-state index in [2.05, 4.69) is 30.3 Å². The highest BCUT2D eigenvalue weighted by Gasteiger charge is 2.13. The van der Waals surface area contributed by atoms with Gasteiger partial charge in [-0.3, -0.25) is 0 Å². The summed E-state index contributed by atoms with van der Waals surface area (Å²) in [5, 5.41) is 0. The lowest BCUT2D eigenvalue weighted by atomic mass is 9.99. The summed E-state index contributed by atoms with van der Waals surface area (Å²) >= 11 is 0. The molecule has 0 amide bonds. The summed E-state index contributed by atoms with van der Waals surface area (Å²) in [6, 6.07) is 10.5. The highest BCUT2D eigenvalue weighted by atomic mass is 16.5. The molecule has 1 aliphatic carbocycles. The molecule has 118 valence electrons. The first-order chi connectivity index (χ1) is 10.4. The molecular formula is C20H32O. The van der Waals surface area contributed by atoms with Crippen molar-refractivity contribution in [2.24, 2.45) is 5.92 Å². The molecule has 0 aliphatic heterocycles. The first kappa shape index (κ1) is 16.5. The van der Waals surface area contributed by atoms with Crippen molar-refractivity contribution in [2.45, 2.75) is 77.2 Å². The molecule has 0 spiro atoms. The molecule has 0 unspecified atom stereocenters. The van der Waals surface area contributed by atoms with Gasteiger partial charge >= 0.3 is 0 Å². The Morgan fingerprint density at radius 3 is 2.24 bits per heavy atom. The minimum absolute atomic E-state index is 0.766. The molecule has 21 heavy (non-hydrogen) atoms. The van der Waals surface area contributed by atoms with Gasteiger partial charge in [0.2, 0.25) is 0 Å². The zero-order chi connectivity index (χ0) is 14.6. The fourth-order valence-corrected chi connectivity index (χ4v) is 3.41. The molecule has 1 aromatic rings. The number of ether oxygens (including phenoxy) is 1. The van der Waals surface area contributed by atoms with Gasteiger partial charge in [-0.1, -0.05) is 94.5 Å². The number of hydrogen-bond donors (Lipinski definition) is 0. The van der Waals surface area contributed by atoms with Gasteiger partial charge in [0.05, 0.1) is 6.61 Å². The monoisotopic (exact) mass is 288 g/mol. The third-order valence-electron chi connectivity index (χ3n) is 4.74. The largest absolute Gasteiger partial charge is 0.377 e. The van der Waals surface area contributed by atoms with Crippen LogP contribution in [-0.2, 0) is 11.3 Å². The molecule has 0 aromatic heterocycles. The normalized spacial score (nSPS) is 15.6. The molecule has 1 aliphatic rings. The maximum atomic E-state index is 5.71. The smallest absolute Gasteiger partial charge is 0.0716 e. The standard InChI is InChI=1S/C20H32O/c1(3-6-12-19-13-9-10-14-19)2-4-11-17-21-18-20-15-7-5-8-16-20/h5,7-8,15-16,19H,1-4,6,9-14,17-18H2. The van der Waals surface area contributed by atoms with Crippen LogP contribution in [-0.4, -0.2) is 6.61 Å². The highest BCUT2D eigenvalue weighted by molar-refractivity contribution is 5.13. The van der Waals surface area contributed by atoms with Crippen molar-refractivity contribution in [3.8, 4) is 0 Å². The Kier molecular flexibility index (Phi) is 8.54. The molecule has 2 rings (SSSR count). The molecule has 0 saturated heterocycles. The van der Waals surface area contributed by atoms with E-state index in [4.69, 9.17) is 4.74 Å². The molecule has 0 radical (unpaired) electrons. The Bertz CT molecular complexity index is 340. The molecular weight excluding hydrogens is 256 g/mol. The zero-order valence-electron chi connectivity index (χ0n) is 13.6. The lowest BCUT2D eigenvalue weighted by Gasteiger charge is -2.08. The second-order valence-electron chi connectivity index (χ2n) is 6.60. The van der Waals surface area contributed by atoms with Crippen LogP contribution >= 0.6 is 0 Å². The van der Waals surface area contributed by atoms with Gasteiger partial charge in [-0.15, -0.1) is 0 Å². The summed E-state index contributed by atoms with van der Waals surface area (Å²) < 4.78 is 5.71. The van der Waals surface area contributed by atoms with Crippen LogP contribution in [0.4, 0.5) is 0 Å². The van der Waals surface area contributed by atoms with Crippen molar-refractivity contribution in [3.63, 3.8) is 0 Å². The first-order valence-electron chi connectivity index (χ1n) is 9.07. The average Bonchev–Trinajstić information content (AvgIpc) is 3.03. The number of unbranched alkanes of at least 4 members (excludes halogenated alkanes) is 5. The van der Waals surface area contributed by atoms with Crippen LogP contribution in [0.2, 0.25) is 0 Å². The van der Waals surface area contributed by atoms with Crippen LogP contribution in [0.15, 0.2) is 30.3 Å². The van der Waals surface area contributed by atoms with Crippen molar-refractivity contribution in [3.05, 3.63) is 35.9 Å². The van der Waals surface area contributed by atoms with E-state index in [9.17, 15) is 0 Å². The average molecular weight is 288 g/mol. The van der Waals surface area contributed by atoms with E-state index < -0.39 is 0 Å². The van der Waals surface area contributed by atoms with Gasteiger partial charge in [0.15, 0.2) is 0 Å². The quantitative estimate of drug-likeness (QED) is 0.445. The van der Waals surface area contributed by atoms with Crippen molar-refractivity contribution in [1.29, 1.82) is 0 Å². The Morgan fingerprint density at radius 1 is 0.810 bits per heavy atom. The summed E-state index contributed by atoms with van der Waals surface area (Å²) in [5.74, 6) is 1.08. The lowest BCUT2D eigenvalue weighted by Crippen LogP contribution is -1.95. The number of hydrogen-bond acceptors (Lipinski definition) is 1. The van der Waals surface area contributed by atoms with E-state index in [0.29, 0.717) is 0 Å². The Morgan fingerprint density at radius 2 is 1.48 bits per heavy atom. The second-order valence-corrected chi connectivity index (χ2v) is 6.60. The van der Waals surface area contributed by atoms with E-state index in [1.54, 1.807) is 0 Å². The third kappa shape index (κ3) is 7.66. The predicted molar refractivity (Wildman–Crippen MR) is 90.4 cm³/mol. The van der Waals surface area contributed by atoms with Gasteiger partial charge in [-0.2, -0.15) is 0 Å². The fraction of sp³-hybridized carbons (Fsp3) is 0.700. The van der Waals surface area contributed by atoms with Gasteiger partial charge < -0.3 is 4.74 Å². The SMILES string of the molecule is c1ccc(COCCCCCCCCC2CCCC2)cc1. The topological polar surface area (TPSA) is 9.23 Å². The molecule has 1 fully saturated rings. The van der Waals surface area contributed by atoms with Crippen molar-refractivity contribution in [2.75, 3.05) is 6.61 Å². The Balaban J connectivity index is 1.32. The molecule has 1 nitrogen and oxygen atoms in total. The summed E-state index contributed by atoms with van der Waals surface area (Å²) in [6.45, 7) is 1.68. The Labute approximate surface area is 131 Å². The molecule has 0 heterocycles. The predicted octanol–water partition coefficient (Wildman–Crippen LogP) is 6.12. The molecule has 1 aromatic carbocycles. The number of benzene rings is 1. The molecule has 0 N–H and O–H groups in total. The zero-order valence-corrected chi connectivity index (χ0v) is 13.6. The van der Waals surface area contributed by atoms with Gasteiger partial charge in [-0.05, 0) is 17.9 Å². The first-order valence-corrected chi connectivity index (χ1v) is 9.07. The molecule has 0 bridgehead atoms. The highest BCUT2D eigenvalue weighted by Crippen LogP contribution is 2.29. The van der Waals surface area contributed by atoms with E-state index in [1.807, 2.05) is 0 Å². The van der Waals surface area contributed by atoms with Crippen LogP contribution in [0, 0.1) is 5.92 Å². The molecule has 1 saturated carbocycles. The van der Waals surface area contributed by atoms with Gasteiger partial charge in [0, 0.05) is 6.61 Å². The van der Waals surface area contributed by atoms with E-state index in [-0.39, 0.29) is 0 Å². The van der Waals surface area contributed by atoms with Crippen LogP contribution in [0.5, 0.6) is 0 Å². The minimum Gasteiger partial charge on any atom is -0.377 e. The van der Waals surface area contributed by atoms with Gasteiger partial charge in [0.25, 0.3) is 0 Å². The number of rotatable bonds is 11. The van der Waals surface area contributed by atoms with Gasteiger partial charge in [-0.25, -0.2) is 0 Å². The van der Waals surface area contributed by atoms with Crippen molar-refractivity contribution < 1.29 is 4.74 Å². The lowest BCUT2D eigenvalue weighted by molar-refractivity contribution is 0.116. The van der Waals surface area contributed by atoms with Crippen molar-refractivity contribution in [1.82, 2.24) is 0 Å². The summed E-state index contributed by atoms with van der Waals surface area (Å²) in [5.41, 5.74) is 1.28. The van der Waals surface area contributed by atoms with Crippen LogP contribution in [0.25, 0.3) is 0 Å². The summed E-state index contributed by atoms with van der Waals surface area (Å²) in [6.07, 6.45) is 15.8. The summed E-state index contributed by atoms with van der Waals surface area (Å²) in [4.78, 5) is 0. The minimum atomic E-state index is 0.766. The van der Waals surface area contributed by atoms with E-state index in [0.717, 1.165) is 19.1 Å². The van der Waals surface area contributed by atoms with Gasteiger partial charge in [0.1, 0.15) is 0 Å². The van der Waals surface area contributed by atoms with Crippen molar-refractivity contribution >= 4 is 0 Å². The third-order valence-corrected chi connectivity index (χ3v) is 4.74. The van der Waals surface area contributed by atoms with E-state index in [1.165, 1.54) is 76.2 Å². The summed E-state index contributed by atoms with van der Waals surface area (Å²) in [7, 11) is 0. The fourth-order valence-electron chi connectivity index (χ4n) is 3.41. The molecule has 0 atom stereocenters. The van der Waals surface area contributed by atoms with E-state index >= 15 is 0 Å². The maximum Gasteiger partial charge on any atom is 0.0716 e. The molecule has 1 heteroatoms. The van der Waals surface area contributed by atoms with Crippen LogP contribution in [0.3, 0.4) is 0 Å². The maximum absolute atomic E-state index is 5.71. The Hall–Kier alpha value is -0.820. The van der Waals surface area contributed by atoms with Crippen LogP contribution < -0.4 is 0 Å².